The van der Waals surface area contributed by atoms with E-state index in [9.17, 15) is 9.18 Å². The number of amides is 1. The molecule has 0 radical (unpaired) electrons. The Morgan fingerprint density at radius 1 is 1.06 bits per heavy atom. The summed E-state index contributed by atoms with van der Waals surface area (Å²) in [6, 6.07) is 16.9. The van der Waals surface area contributed by atoms with Crippen molar-refractivity contribution in [3.8, 4) is 21.8 Å². The van der Waals surface area contributed by atoms with Gasteiger partial charge in [-0.05, 0) is 54.0 Å². The standard InChI is InChI=1S/C25H20FN3OS/c1-15-13-16(8-10-19(15)26)14-22(30)28-25-24(21-7-4-12-31-21)29-23-18-6-3-2-5-17(18)9-11-20(23)27-25/h2-8,10,12-13H,9,11,14H2,1H3,(H,27,28,30). The number of nitrogens with one attached hydrogen (secondary N) is 1. The number of benzene rings is 2. The molecule has 2 aromatic carbocycles. The molecule has 0 aliphatic heterocycles. The van der Waals surface area contributed by atoms with Crippen molar-refractivity contribution >= 4 is 23.1 Å². The fourth-order valence-corrected chi connectivity index (χ4v) is 4.65. The van der Waals surface area contributed by atoms with Gasteiger partial charge in [-0.25, -0.2) is 14.4 Å². The second-order valence-corrected chi connectivity index (χ2v) is 8.61. The van der Waals surface area contributed by atoms with Gasteiger partial charge >= 0.3 is 0 Å². The lowest BCUT2D eigenvalue weighted by Crippen LogP contribution is -2.18. The van der Waals surface area contributed by atoms with Gasteiger partial charge in [-0.3, -0.25) is 4.79 Å². The van der Waals surface area contributed by atoms with Gasteiger partial charge in [0.15, 0.2) is 5.82 Å². The first-order chi connectivity index (χ1) is 15.1. The smallest absolute Gasteiger partial charge is 0.230 e. The number of carbonyl (C=O) groups is 1. The minimum atomic E-state index is -0.273. The number of rotatable bonds is 4. The van der Waals surface area contributed by atoms with E-state index in [1.165, 1.54) is 11.6 Å². The largest absolute Gasteiger partial charge is 0.309 e. The van der Waals surface area contributed by atoms with Gasteiger partial charge in [-0.1, -0.05) is 42.5 Å². The maximum Gasteiger partial charge on any atom is 0.230 e. The maximum absolute atomic E-state index is 13.5. The molecule has 0 atom stereocenters. The van der Waals surface area contributed by atoms with Crippen LogP contribution in [0.5, 0.6) is 0 Å². The predicted octanol–water partition coefficient (Wildman–Crippen LogP) is 5.60. The van der Waals surface area contributed by atoms with Gasteiger partial charge in [0.05, 0.1) is 22.7 Å². The molecule has 0 bridgehead atoms. The Bertz CT molecular complexity index is 1280. The van der Waals surface area contributed by atoms with Gasteiger partial charge in [-0.2, -0.15) is 0 Å². The van der Waals surface area contributed by atoms with E-state index in [-0.39, 0.29) is 18.1 Å². The normalized spacial score (nSPS) is 12.2. The van der Waals surface area contributed by atoms with E-state index < -0.39 is 0 Å². The van der Waals surface area contributed by atoms with Gasteiger partial charge in [-0.15, -0.1) is 11.3 Å². The summed E-state index contributed by atoms with van der Waals surface area (Å²) in [6.07, 6.45) is 1.83. The van der Waals surface area contributed by atoms with E-state index in [2.05, 4.69) is 17.4 Å². The molecule has 0 unspecified atom stereocenters. The van der Waals surface area contributed by atoms with Crippen molar-refractivity contribution in [2.75, 3.05) is 5.32 Å². The first kappa shape index (κ1) is 19.6. The highest BCUT2D eigenvalue weighted by molar-refractivity contribution is 7.13. The fraction of sp³-hybridized carbons (Fsp3) is 0.160. The lowest BCUT2D eigenvalue weighted by atomic mass is 9.92. The molecular formula is C25H20FN3OS. The van der Waals surface area contributed by atoms with Gasteiger partial charge < -0.3 is 5.32 Å². The Morgan fingerprint density at radius 3 is 2.74 bits per heavy atom. The molecule has 2 aromatic heterocycles. The highest BCUT2D eigenvalue weighted by atomic mass is 32.1. The average molecular weight is 430 g/mol. The summed E-state index contributed by atoms with van der Waals surface area (Å²) >= 11 is 1.56. The van der Waals surface area contributed by atoms with Crippen LogP contribution in [0.4, 0.5) is 10.2 Å². The van der Waals surface area contributed by atoms with E-state index in [0.29, 0.717) is 17.1 Å². The molecule has 1 N–H and O–H groups in total. The van der Waals surface area contributed by atoms with Gasteiger partial charge in [0.1, 0.15) is 11.5 Å². The molecule has 1 aliphatic carbocycles. The lowest BCUT2D eigenvalue weighted by molar-refractivity contribution is -0.115. The monoisotopic (exact) mass is 429 g/mol. The molecular weight excluding hydrogens is 409 g/mol. The first-order valence-corrected chi connectivity index (χ1v) is 11.0. The van der Waals surface area contributed by atoms with E-state index in [4.69, 9.17) is 9.97 Å². The van der Waals surface area contributed by atoms with Gasteiger partial charge in [0.2, 0.25) is 5.91 Å². The summed E-state index contributed by atoms with van der Waals surface area (Å²) in [5.41, 5.74) is 6.11. The number of aromatic nitrogens is 2. The van der Waals surface area contributed by atoms with Crippen LogP contribution < -0.4 is 5.32 Å². The third-order valence-electron chi connectivity index (χ3n) is 5.47. The molecule has 2 heterocycles. The molecule has 154 valence electrons. The Hall–Kier alpha value is -3.38. The number of halogens is 1. The average Bonchev–Trinajstić information content (AvgIpc) is 3.30. The van der Waals surface area contributed by atoms with Crippen LogP contribution in [0.1, 0.15) is 22.4 Å². The molecule has 31 heavy (non-hydrogen) atoms. The zero-order chi connectivity index (χ0) is 21.4. The Morgan fingerprint density at radius 2 is 1.94 bits per heavy atom. The number of thiophene rings is 1. The third kappa shape index (κ3) is 3.86. The highest BCUT2D eigenvalue weighted by Crippen LogP contribution is 2.36. The Labute approximate surface area is 183 Å². The van der Waals surface area contributed by atoms with Crippen LogP contribution in [-0.4, -0.2) is 15.9 Å². The van der Waals surface area contributed by atoms with Crippen molar-refractivity contribution in [1.82, 2.24) is 9.97 Å². The number of hydrogen-bond acceptors (Lipinski definition) is 4. The van der Waals surface area contributed by atoms with Crippen LogP contribution in [0.25, 0.3) is 21.8 Å². The maximum atomic E-state index is 13.5. The van der Waals surface area contributed by atoms with Crippen LogP contribution in [0.15, 0.2) is 60.0 Å². The van der Waals surface area contributed by atoms with Crippen molar-refractivity contribution < 1.29 is 9.18 Å². The summed E-state index contributed by atoms with van der Waals surface area (Å²) in [5, 5.41) is 4.94. The van der Waals surface area contributed by atoms with Crippen LogP contribution in [0.3, 0.4) is 0 Å². The fourth-order valence-electron chi connectivity index (χ4n) is 3.93. The SMILES string of the molecule is Cc1cc(CC(=O)Nc2nc3c(nc2-c2cccs2)-c2ccccc2CC3)ccc1F. The van der Waals surface area contributed by atoms with Gasteiger partial charge in [0, 0.05) is 5.56 Å². The molecule has 0 fully saturated rings. The topological polar surface area (TPSA) is 54.9 Å². The summed E-state index contributed by atoms with van der Waals surface area (Å²) in [5.74, 6) is 0.00339. The summed E-state index contributed by atoms with van der Waals surface area (Å²) in [7, 11) is 0. The molecule has 0 saturated heterocycles. The Kier molecular flexibility index (Phi) is 5.08. The lowest BCUT2D eigenvalue weighted by Gasteiger charge is -2.20. The van der Waals surface area contributed by atoms with Gasteiger partial charge in [0.25, 0.3) is 0 Å². The third-order valence-corrected chi connectivity index (χ3v) is 6.35. The second-order valence-electron chi connectivity index (χ2n) is 7.66. The molecule has 6 heteroatoms. The number of carbonyl (C=O) groups excluding carboxylic acids is 1. The van der Waals surface area contributed by atoms with E-state index in [1.54, 1.807) is 30.4 Å². The Balaban J connectivity index is 1.51. The minimum Gasteiger partial charge on any atom is -0.309 e. The van der Waals surface area contributed by atoms with Crippen molar-refractivity contribution in [3.63, 3.8) is 0 Å². The second kappa shape index (κ2) is 8.04. The minimum absolute atomic E-state index is 0.145. The van der Waals surface area contributed by atoms with Crippen LogP contribution in [-0.2, 0) is 24.1 Å². The summed E-state index contributed by atoms with van der Waals surface area (Å²) in [6.45, 7) is 1.69. The number of anilines is 1. The molecule has 4 aromatic rings. The van der Waals surface area contributed by atoms with Crippen LogP contribution in [0, 0.1) is 12.7 Å². The molecule has 4 nitrogen and oxygen atoms in total. The van der Waals surface area contributed by atoms with Crippen molar-refractivity contribution in [1.29, 1.82) is 0 Å². The van der Waals surface area contributed by atoms with E-state index >= 15 is 0 Å². The van der Waals surface area contributed by atoms with E-state index in [1.807, 2.05) is 29.6 Å². The van der Waals surface area contributed by atoms with Crippen molar-refractivity contribution in [2.45, 2.75) is 26.2 Å². The molecule has 1 aliphatic rings. The zero-order valence-electron chi connectivity index (χ0n) is 17.0. The van der Waals surface area contributed by atoms with Crippen molar-refractivity contribution in [3.05, 3.63) is 88.2 Å². The van der Waals surface area contributed by atoms with E-state index in [0.717, 1.165) is 40.2 Å². The van der Waals surface area contributed by atoms with Crippen LogP contribution >= 0.6 is 11.3 Å². The molecule has 1 amide bonds. The summed E-state index contributed by atoms with van der Waals surface area (Å²) < 4.78 is 13.5. The number of nitrogens with zero attached hydrogens (tertiary/aromatic N) is 2. The number of aryl methyl sites for hydroxylation is 3. The molecule has 5 rings (SSSR count). The number of fused-ring (bicyclic) bond motifs is 3. The van der Waals surface area contributed by atoms with Crippen molar-refractivity contribution in [2.24, 2.45) is 0 Å². The first-order valence-electron chi connectivity index (χ1n) is 10.2. The summed E-state index contributed by atoms with van der Waals surface area (Å²) in [4.78, 5) is 23.5. The highest BCUT2D eigenvalue weighted by Gasteiger charge is 2.23. The zero-order valence-corrected chi connectivity index (χ0v) is 17.8. The predicted molar refractivity (Wildman–Crippen MR) is 122 cm³/mol. The quantitative estimate of drug-likeness (QED) is 0.459. The molecule has 0 saturated carbocycles. The number of hydrogen-bond donors (Lipinski definition) is 1. The van der Waals surface area contributed by atoms with Crippen LogP contribution in [0.2, 0.25) is 0 Å². The molecule has 0 spiro atoms.